The van der Waals surface area contributed by atoms with Crippen LogP contribution in [0.2, 0.25) is 0 Å². The second-order valence-electron chi connectivity index (χ2n) is 5.29. The van der Waals surface area contributed by atoms with Crippen LogP contribution in [-0.2, 0) is 27.2 Å². The first-order chi connectivity index (χ1) is 9.84. The molecule has 1 aliphatic rings. The maximum atomic E-state index is 4.90. The molecule has 0 atom stereocenters. The zero-order valence-electron chi connectivity index (χ0n) is 11.3. The first-order valence-electron chi connectivity index (χ1n) is 6.74. The molecule has 0 unspecified atom stereocenters. The number of nitrogens with zero attached hydrogens (tertiary/aromatic N) is 2. The minimum atomic E-state index is 0. The Labute approximate surface area is 135 Å². The van der Waals surface area contributed by atoms with Crippen LogP contribution >= 0.6 is 0 Å². The fourth-order valence-electron chi connectivity index (χ4n) is 3.37. The molecule has 3 heteroatoms. The summed E-state index contributed by atoms with van der Waals surface area (Å²) in [6.07, 6.45) is 4.39. The third kappa shape index (κ3) is 1.48. The van der Waals surface area contributed by atoms with E-state index < -0.39 is 0 Å². The maximum Gasteiger partial charge on any atom is 0.0609 e. The predicted octanol–water partition coefficient (Wildman–Crippen LogP) is 4.16. The van der Waals surface area contributed by atoms with E-state index in [2.05, 4.69) is 54.1 Å². The summed E-state index contributed by atoms with van der Waals surface area (Å²) in [5.74, 6) is 0. The molecule has 0 aliphatic heterocycles. The van der Waals surface area contributed by atoms with Crippen molar-refractivity contribution in [1.82, 2.24) is 9.55 Å². The van der Waals surface area contributed by atoms with Crippen molar-refractivity contribution in [2.45, 2.75) is 0 Å². The van der Waals surface area contributed by atoms with Crippen LogP contribution in [0.3, 0.4) is 0 Å². The normalized spacial score (nSPS) is 12.4. The standard InChI is InChI=1S/C18H11N2.Ir/c1-20-15-8-3-2-6-12(15)17-18(20)13-10-9-11-5-4-7-14(19-17)16(11)13;/h2-5,7-10H,1H3;/q-1;. The van der Waals surface area contributed by atoms with Gasteiger partial charge >= 0.3 is 0 Å². The van der Waals surface area contributed by atoms with Gasteiger partial charge in [0.15, 0.2) is 0 Å². The first-order valence-corrected chi connectivity index (χ1v) is 6.74. The number of benzene rings is 2. The van der Waals surface area contributed by atoms with Gasteiger partial charge < -0.3 is 4.57 Å². The Morgan fingerprint density at radius 3 is 2.90 bits per heavy atom. The van der Waals surface area contributed by atoms with Gasteiger partial charge in [-0.05, 0) is 22.7 Å². The van der Waals surface area contributed by atoms with Crippen molar-refractivity contribution >= 4 is 45.0 Å². The quantitative estimate of drug-likeness (QED) is 0.326. The number of rotatable bonds is 0. The van der Waals surface area contributed by atoms with Gasteiger partial charge in [0, 0.05) is 43.6 Å². The molecule has 0 amide bonds. The fourth-order valence-corrected chi connectivity index (χ4v) is 3.37. The van der Waals surface area contributed by atoms with Crippen molar-refractivity contribution in [3.8, 4) is 0 Å². The van der Waals surface area contributed by atoms with Gasteiger partial charge in [0.2, 0.25) is 0 Å². The van der Waals surface area contributed by atoms with Crippen LogP contribution < -0.4 is 0 Å². The summed E-state index contributed by atoms with van der Waals surface area (Å²) in [5.41, 5.74) is 7.06. The second-order valence-corrected chi connectivity index (χ2v) is 5.29. The van der Waals surface area contributed by atoms with E-state index in [9.17, 15) is 0 Å². The van der Waals surface area contributed by atoms with Crippen molar-refractivity contribution < 1.29 is 20.1 Å². The largest absolute Gasteiger partial charge is 0.390 e. The van der Waals surface area contributed by atoms with Gasteiger partial charge in [-0.15, -0.1) is 24.3 Å². The topological polar surface area (TPSA) is 17.8 Å². The monoisotopic (exact) mass is 448 g/mol. The number of aromatic nitrogens is 2. The summed E-state index contributed by atoms with van der Waals surface area (Å²) < 4.78 is 2.23. The van der Waals surface area contributed by atoms with Crippen LogP contribution in [-0.4, -0.2) is 9.55 Å². The smallest absolute Gasteiger partial charge is 0.0609 e. The number of fused-ring (bicyclic) bond motifs is 4. The summed E-state index contributed by atoms with van der Waals surface area (Å²) >= 11 is 0. The van der Waals surface area contributed by atoms with Crippen LogP contribution in [0.1, 0.15) is 11.1 Å². The third-order valence-electron chi connectivity index (χ3n) is 4.25. The maximum absolute atomic E-state index is 4.90. The van der Waals surface area contributed by atoms with E-state index in [1.165, 1.54) is 27.5 Å². The third-order valence-corrected chi connectivity index (χ3v) is 4.25. The molecule has 0 spiro atoms. The van der Waals surface area contributed by atoms with Crippen molar-refractivity contribution in [2.75, 3.05) is 0 Å². The molecule has 21 heavy (non-hydrogen) atoms. The zero-order chi connectivity index (χ0) is 13.3. The Morgan fingerprint density at radius 1 is 1.10 bits per heavy atom. The molecule has 2 heterocycles. The molecule has 0 N–H and O–H groups in total. The number of aryl methyl sites for hydroxylation is 1. The molecule has 103 valence electrons. The molecule has 2 aromatic carbocycles. The summed E-state index contributed by atoms with van der Waals surface area (Å²) in [5, 5.41) is 2.37. The van der Waals surface area contributed by atoms with Crippen LogP contribution in [0.5, 0.6) is 0 Å². The molecule has 1 aliphatic carbocycles. The van der Waals surface area contributed by atoms with E-state index >= 15 is 0 Å². The van der Waals surface area contributed by atoms with Crippen LogP contribution in [0.15, 0.2) is 36.4 Å². The number of hydrogen-bond acceptors (Lipinski definition) is 1. The molecule has 0 bridgehead atoms. The van der Waals surface area contributed by atoms with Crippen molar-refractivity contribution in [3.63, 3.8) is 0 Å². The molecule has 2 aromatic heterocycles. The molecule has 0 saturated heterocycles. The second kappa shape index (κ2) is 4.27. The van der Waals surface area contributed by atoms with Crippen LogP contribution in [0.4, 0.5) is 0 Å². The van der Waals surface area contributed by atoms with Crippen molar-refractivity contribution in [2.24, 2.45) is 7.05 Å². The van der Waals surface area contributed by atoms with Gasteiger partial charge in [-0.2, -0.15) is 0 Å². The Balaban J connectivity index is 0.00000115. The van der Waals surface area contributed by atoms with E-state index in [0.29, 0.717) is 0 Å². The minimum Gasteiger partial charge on any atom is -0.390 e. The Kier molecular flexibility index (Phi) is 2.59. The Morgan fingerprint density at radius 2 is 2.00 bits per heavy atom. The molecule has 1 radical (unpaired) electrons. The molecule has 4 aromatic rings. The molecule has 5 rings (SSSR count). The van der Waals surface area contributed by atoms with Gasteiger partial charge in [0.1, 0.15) is 0 Å². The predicted molar refractivity (Wildman–Crippen MR) is 83.5 cm³/mol. The van der Waals surface area contributed by atoms with E-state index in [1.54, 1.807) is 0 Å². The molecule has 0 saturated carbocycles. The molecule has 0 fully saturated rings. The van der Waals surface area contributed by atoms with E-state index in [-0.39, 0.29) is 20.1 Å². The van der Waals surface area contributed by atoms with Gasteiger partial charge in [-0.3, -0.25) is 4.98 Å². The zero-order valence-corrected chi connectivity index (χ0v) is 13.7. The number of hydrogen-bond donors (Lipinski definition) is 0. The summed E-state index contributed by atoms with van der Waals surface area (Å²) in [4.78, 5) is 4.90. The minimum absolute atomic E-state index is 0. The first kappa shape index (κ1) is 12.8. The van der Waals surface area contributed by atoms with E-state index in [4.69, 9.17) is 4.98 Å². The van der Waals surface area contributed by atoms with Crippen LogP contribution in [0, 0.1) is 6.07 Å². The number of pyridine rings is 1. The molecule has 2 nitrogen and oxygen atoms in total. The van der Waals surface area contributed by atoms with Gasteiger partial charge in [0.25, 0.3) is 0 Å². The Hall–Kier alpha value is -1.96. The molecular weight excluding hydrogens is 436 g/mol. The summed E-state index contributed by atoms with van der Waals surface area (Å²) in [6, 6.07) is 15.8. The van der Waals surface area contributed by atoms with Gasteiger partial charge in [-0.1, -0.05) is 29.7 Å². The summed E-state index contributed by atoms with van der Waals surface area (Å²) in [6.45, 7) is 0. The average Bonchev–Trinajstić information content (AvgIpc) is 3.03. The van der Waals surface area contributed by atoms with Crippen molar-refractivity contribution in [3.05, 3.63) is 53.6 Å². The average molecular weight is 448 g/mol. The summed E-state index contributed by atoms with van der Waals surface area (Å²) in [7, 11) is 2.11. The molecular formula is C18H11IrN2-. The van der Waals surface area contributed by atoms with E-state index in [0.717, 1.165) is 16.4 Å². The van der Waals surface area contributed by atoms with Crippen molar-refractivity contribution in [1.29, 1.82) is 0 Å². The van der Waals surface area contributed by atoms with E-state index in [1.807, 2.05) is 12.1 Å². The fraction of sp³-hybridized carbons (Fsp3) is 0.0556. The van der Waals surface area contributed by atoms with Crippen LogP contribution in [0.25, 0.3) is 45.0 Å². The van der Waals surface area contributed by atoms with Gasteiger partial charge in [-0.25, -0.2) is 0 Å². The Bertz CT molecular complexity index is 1060. The van der Waals surface area contributed by atoms with Gasteiger partial charge in [0.05, 0.1) is 5.52 Å². The SMILES string of the molecule is Cn1c2ccc[c-]c2c2nc3cccc4c3c(c21)C=C4.[Ir].